The highest BCUT2D eigenvalue weighted by molar-refractivity contribution is 5.23. The smallest absolute Gasteiger partial charge is 0.00552 e. The average Bonchev–Trinajstić information content (AvgIpc) is 2.11. The largest absolute Gasteiger partial charge is 0.0777 e. The lowest BCUT2D eigenvalue weighted by Gasteiger charge is -2.44. The van der Waals surface area contributed by atoms with E-state index in [4.69, 9.17) is 0 Å². The van der Waals surface area contributed by atoms with E-state index in [0.29, 0.717) is 10.8 Å². The Balaban J connectivity index is 2.93. The molecule has 1 aliphatic carbocycles. The van der Waals surface area contributed by atoms with Crippen molar-refractivity contribution in [3.8, 4) is 0 Å². The van der Waals surface area contributed by atoms with Gasteiger partial charge >= 0.3 is 0 Å². The van der Waals surface area contributed by atoms with Crippen molar-refractivity contribution < 1.29 is 0 Å². The van der Waals surface area contributed by atoms with Crippen molar-refractivity contribution >= 4 is 0 Å². The van der Waals surface area contributed by atoms with Crippen molar-refractivity contribution in [2.24, 2.45) is 10.8 Å². The number of hydrogen-bond acceptors (Lipinski definition) is 0. The van der Waals surface area contributed by atoms with Crippen molar-refractivity contribution in [1.29, 1.82) is 0 Å². The number of rotatable bonds is 3. The molecule has 1 aliphatic rings. The van der Waals surface area contributed by atoms with Crippen LogP contribution in [0.3, 0.4) is 0 Å². The van der Waals surface area contributed by atoms with E-state index in [-0.39, 0.29) is 0 Å². The first-order valence-electron chi connectivity index (χ1n) is 5.45. The third kappa shape index (κ3) is 1.72. The van der Waals surface area contributed by atoms with Crippen LogP contribution in [0.25, 0.3) is 0 Å². The molecule has 0 nitrogen and oxygen atoms in total. The second kappa shape index (κ2) is 3.69. The van der Waals surface area contributed by atoms with E-state index >= 15 is 0 Å². The van der Waals surface area contributed by atoms with Gasteiger partial charge in [-0.15, -0.1) is 0 Å². The molecule has 0 saturated carbocycles. The molecule has 0 spiro atoms. The van der Waals surface area contributed by atoms with Gasteiger partial charge in [0.05, 0.1) is 0 Å². The van der Waals surface area contributed by atoms with Gasteiger partial charge in [0.15, 0.2) is 0 Å². The van der Waals surface area contributed by atoms with Crippen molar-refractivity contribution in [2.75, 3.05) is 0 Å². The molecule has 0 heteroatoms. The molecule has 0 N–H and O–H groups in total. The van der Waals surface area contributed by atoms with Crippen molar-refractivity contribution in [2.45, 2.75) is 47.0 Å². The molecule has 2 unspecified atom stereocenters. The number of allylic oxidation sites excluding steroid dienone is 4. The van der Waals surface area contributed by atoms with Crippen LogP contribution in [0.4, 0.5) is 0 Å². The predicted octanol–water partition coefficient (Wildman–Crippen LogP) is 4.34. The van der Waals surface area contributed by atoms with Crippen LogP contribution in [0, 0.1) is 10.8 Å². The first-order chi connectivity index (χ1) is 6.08. The van der Waals surface area contributed by atoms with Crippen LogP contribution in [-0.4, -0.2) is 0 Å². The van der Waals surface area contributed by atoms with E-state index in [9.17, 15) is 0 Å². The molecular weight excluding hydrogens is 156 g/mol. The first-order valence-corrected chi connectivity index (χ1v) is 5.45. The topological polar surface area (TPSA) is 0 Å². The summed E-state index contributed by atoms with van der Waals surface area (Å²) >= 11 is 0. The molecule has 0 aliphatic heterocycles. The lowest BCUT2D eigenvalue weighted by atomic mass is 9.60. The Kier molecular flexibility index (Phi) is 3.00. The maximum atomic E-state index is 2.39. The van der Waals surface area contributed by atoms with Gasteiger partial charge in [-0.2, -0.15) is 0 Å². The van der Waals surface area contributed by atoms with Crippen LogP contribution in [0.2, 0.25) is 0 Å². The molecular formula is C13H22. The minimum absolute atomic E-state index is 0.359. The third-order valence-electron chi connectivity index (χ3n) is 3.85. The quantitative estimate of drug-likeness (QED) is 0.603. The molecule has 0 aromatic carbocycles. The molecule has 0 saturated heterocycles. The second-order valence-corrected chi connectivity index (χ2v) is 4.66. The molecule has 0 bridgehead atoms. The van der Waals surface area contributed by atoms with Gasteiger partial charge in [0.1, 0.15) is 0 Å². The van der Waals surface area contributed by atoms with Crippen molar-refractivity contribution in [3.63, 3.8) is 0 Å². The Labute approximate surface area is 82.7 Å². The molecule has 74 valence electrons. The van der Waals surface area contributed by atoms with Gasteiger partial charge < -0.3 is 0 Å². The Morgan fingerprint density at radius 2 is 1.46 bits per heavy atom. The van der Waals surface area contributed by atoms with E-state index in [2.05, 4.69) is 52.0 Å². The van der Waals surface area contributed by atoms with Gasteiger partial charge in [0.25, 0.3) is 0 Å². The molecule has 0 fully saturated rings. The zero-order chi connectivity index (χ0) is 9.95. The molecule has 0 aromatic rings. The monoisotopic (exact) mass is 178 g/mol. The van der Waals surface area contributed by atoms with Gasteiger partial charge in [0.2, 0.25) is 0 Å². The highest BCUT2D eigenvalue weighted by Gasteiger charge is 2.39. The third-order valence-corrected chi connectivity index (χ3v) is 3.85. The summed E-state index contributed by atoms with van der Waals surface area (Å²) < 4.78 is 0. The average molecular weight is 178 g/mol. The maximum absolute atomic E-state index is 2.39. The Morgan fingerprint density at radius 3 is 1.92 bits per heavy atom. The molecule has 0 heterocycles. The van der Waals surface area contributed by atoms with Crippen molar-refractivity contribution in [3.05, 3.63) is 24.3 Å². The normalized spacial score (nSPS) is 38.2. The minimum Gasteiger partial charge on any atom is -0.0777 e. The lowest BCUT2D eigenvalue weighted by molar-refractivity contribution is 0.157. The van der Waals surface area contributed by atoms with Crippen LogP contribution < -0.4 is 0 Å². The van der Waals surface area contributed by atoms with Crippen LogP contribution >= 0.6 is 0 Å². The van der Waals surface area contributed by atoms with Crippen LogP contribution in [0.5, 0.6) is 0 Å². The summed E-state index contributed by atoms with van der Waals surface area (Å²) in [4.78, 5) is 0. The minimum atomic E-state index is 0.359. The van der Waals surface area contributed by atoms with E-state index in [1.54, 1.807) is 0 Å². The SMILES string of the molecule is CCCC1(C)C=CC=CC1(C)CC. The Hall–Kier alpha value is -0.520. The van der Waals surface area contributed by atoms with Crippen LogP contribution in [0.15, 0.2) is 24.3 Å². The van der Waals surface area contributed by atoms with Gasteiger partial charge in [-0.1, -0.05) is 58.4 Å². The molecule has 13 heavy (non-hydrogen) atoms. The summed E-state index contributed by atoms with van der Waals surface area (Å²) in [5, 5.41) is 0. The number of hydrogen-bond donors (Lipinski definition) is 0. The highest BCUT2D eigenvalue weighted by atomic mass is 14.4. The summed E-state index contributed by atoms with van der Waals surface area (Å²) in [7, 11) is 0. The van der Waals surface area contributed by atoms with E-state index < -0.39 is 0 Å². The fourth-order valence-electron chi connectivity index (χ4n) is 2.33. The summed E-state index contributed by atoms with van der Waals surface area (Å²) in [6.07, 6.45) is 12.9. The fourth-order valence-corrected chi connectivity index (χ4v) is 2.33. The molecule has 0 aromatic heterocycles. The maximum Gasteiger partial charge on any atom is -0.00552 e. The zero-order valence-electron chi connectivity index (χ0n) is 9.43. The van der Waals surface area contributed by atoms with Crippen LogP contribution in [-0.2, 0) is 0 Å². The van der Waals surface area contributed by atoms with Gasteiger partial charge in [0, 0.05) is 0 Å². The fraction of sp³-hybridized carbons (Fsp3) is 0.692. The second-order valence-electron chi connectivity index (χ2n) is 4.66. The molecule has 0 radical (unpaired) electrons. The first kappa shape index (κ1) is 10.6. The van der Waals surface area contributed by atoms with Crippen LogP contribution in [0.1, 0.15) is 47.0 Å². The predicted molar refractivity (Wildman–Crippen MR) is 59.7 cm³/mol. The Bertz CT molecular complexity index is 224. The molecule has 1 rings (SSSR count). The van der Waals surface area contributed by atoms with E-state index in [0.717, 1.165) is 0 Å². The zero-order valence-corrected chi connectivity index (χ0v) is 9.43. The van der Waals surface area contributed by atoms with Gasteiger partial charge in [-0.05, 0) is 23.7 Å². The standard InChI is InChI=1S/C13H22/c1-5-9-13(4)11-8-7-10-12(13,3)6-2/h7-8,10-11H,5-6,9H2,1-4H3. The van der Waals surface area contributed by atoms with Crippen molar-refractivity contribution in [1.82, 2.24) is 0 Å². The highest BCUT2D eigenvalue weighted by Crippen LogP contribution is 2.49. The molecule has 0 amide bonds. The summed E-state index contributed by atoms with van der Waals surface area (Å²) in [6.45, 7) is 9.33. The lowest BCUT2D eigenvalue weighted by Crippen LogP contribution is -2.35. The Morgan fingerprint density at radius 1 is 0.923 bits per heavy atom. The summed E-state index contributed by atoms with van der Waals surface area (Å²) in [5.74, 6) is 0. The van der Waals surface area contributed by atoms with E-state index in [1.807, 2.05) is 0 Å². The molecule has 2 atom stereocenters. The van der Waals surface area contributed by atoms with Gasteiger partial charge in [-0.3, -0.25) is 0 Å². The summed E-state index contributed by atoms with van der Waals surface area (Å²) in [5.41, 5.74) is 0.725. The van der Waals surface area contributed by atoms with E-state index in [1.165, 1.54) is 19.3 Å². The summed E-state index contributed by atoms with van der Waals surface area (Å²) in [6, 6.07) is 0. The van der Waals surface area contributed by atoms with Gasteiger partial charge in [-0.25, -0.2) is 0 Å².